The van der Waals surface area contributed by atoms with Crippen molar-refractivity contribution in [1.29, 1.82) is 0 Å². The lowest BCUT2D eigenvalue weighted by Crippen LogP contribution is -2.42. The van der Waals surface area contributed by atoms with Gasteiger partial charge in [-0.15, -0.1) is 0 Å². The summed E-state index contributed by atoms with van der Waals surface area (Å²) < 4.78 is 4.63. The molecule has 0 aliphatic rings. The van der Waals surface area contributed by atoms with Crippen LogP contribution >= 0.6 is 0 Å². The third-order valence-corrected chi connectivity index (χ3v) is 3.41. The zero-order chi connectivity index (χ0) is 18.9. The minimum Gasteiger partial charge on any atom is -0.450 e. The molecule has 0 bridgehead atoms. The van der Waals surface area contributed by atoms with Crippen LogP contribution in [0, 0.1) is 0 Å². The Balaban J connectivity index is 1.99. The van der Waals surface area contributed by atoms with Crippen LogP contribution in [0.15, 0.2) is 36.5 Å². The van der Waals surface area contributed by atoms with E-state index in [4.69, 9.17) is 0 Å². The first-order valence-corrected chi connectivity index (χ1v) is 8.18. The summed E-state index contributed by atoms with van der Waals surface area (Å²) in [6.07, 6.45) is 3.59. The van der Waals surface area contributed by atoms with E-state index in [1.165, 1.54) is 17.1 Å². The van der Waals surface area contributed by atoms with Crippen LogP contribution in [0.4, 0.5) is 4.79 Å². The van der Waals surface area contributed by atoms with Crippen LogP contribution in [0.2, 0.25) is 0 Å². The Morgan fingerprint density at radius 3 is 2.62 bits per heavy atom. The second-order valence-corrected chi connectivity index (χ2v) is 5.24. The van der Waals surface area contributed by atoms with E-state index in [0.717, 1.165) is 11.0 Å². The second kappa shape index (κ2) is 9.26. The fraction of sp³-hybridized carbons (Fsp3) is 0.278. The summed E-state index contributed by atoms with van der Waals surface area (Å²) in [5.74, 6) is -0.987. The van der Waals surface area contributed by atoms with Crippen molar-refractivity contribution in [2.45, 2.75) is 13.8 Å². The van der Waals surface area contributed by atoms with E-state index in [0.29, 0.717) is 12.2 Å². The van der Waals surface area contributed by atoms with Gasteiger partial charge in [0, 0.05) is 12.6 Å². The van der Waals surface area contributed by atoms with Gasteiger partial charge in [0.2, 0.25) is 11.8 Å². The molecule has 0 aliphatic carbocycles. The van der Waals surface area contributed by atoms with Crippen LogP contribution in [0.25, 0.3) is 17.1 Å². The molecule has 1 aromatic carbocycles. The van der Waals surface area contributed by atoms with Crippen molar-refractivity contribution in [2.24, 2.45) is 0 Å². The Morgan fingerprint density at radius 1 is 1.19 bits per heavy atom. The first-order valence-electron chi connectivity index (χ1n) is 8.18. The van der Waals surface area contributed by atoms with Crippen molar-refractivity contribution in [2.75, 3.05) is 19.7 Å². The van der Waals surface area contributed by atoms with Crippen LogP contribution < -0.4 is 5.32 Å². The molecule has 0 fully saturated rings. The summed E-state index contributed by atoms with van der Waals surface area (Å²) in [6, 6.07) is 7.41. The predicted molar refractivity (Wildman–Crippen MR) is 96.0 cm³/mol. The van der Waals surface area contributed by atoms with Crippen LogP contribution in [0.3, 0.4) is 0 Å². The number of hydrogen-bond donors (Lipinski definition) is 1. The summed E-state index contributed by atoms with van der Waals surface area (Å²) in [7, 11) is 0. The van der Waals surface area contributed by atoms with Gasteiger partial charge in [0.15, 0.2) is 0 Å². The van der Waals surface area contributed by atoms with Crippen molar-refractivity contribution in [3.63, 3.8) is 0 Å². The van der Waals surface area contributed by atoms with Crippen molar-refractivity contribution in [3.8, 4) is 0 Å². The topological polar surface area (TPSA) is 101 Å². The second-order valence-electron chi connectivity index (χ2n) is 5.24. The van der Waals surface area contributed by atoms with Gasteiger partial charge in [0.25, 0.3) is 0 Å². The number of nitrogens with one attached hydrogen (secondary N) is 1. The summed E-state index contributed by atoms with van der Waals surface area (Å²) in [5, 5.41) is 2.05. The minimum absolute atomic E-state index is 0.158. The molecule has 0 saturated heterocycles. The zero-order valence-corrected chi connectivity index (χ0v) is 14.6. The Labute approximate surface area is 150 Å². The summed E-state index contributed by atoms with van der Waals surface area (Å²) in [5.41, 5.74) is 2.02. The number of fused-ring (bicyclic) bond motifs is 1. The Hall–Kier alpha value is -3.29. The maximum Gasteiger partial charge on any atom is 0.413 e. The normalized spacial score (nSPS) is 10.7. The van der Waals surface area contributed by atoms with E-state index in [1.54, 1.807) is 20.0 Å². The molecular weight excluding hydrogens is 336 g/mol. The fourth-order valence-corrected chi connectivity index (χ4v) is 2.15. The van der Waals surface area contributed by atoms with E-state index in [1.807, 2.05) is 24.3 Å². The largest absolute Gasteiger partial charge is 0.450 e. The minimum atomic E-state index is -0.831. The molecule has 8 nitrogen and oxygen atoms in total. The number of aromatic nitrogens is 2. The highest BCUT2D eigenvalue weighted by atomic mass is 16.5. The monoisotopic (exact) mass is 356 g/mol. The number of ether oxygens (including phenoxy) is 1. The lowest BCUT2D eigenvalue weighted by atomic mass is 10.3. The fourth-order valence-electron chi connectivity index (χ4n) is 2.15. The quantitative estimate of drug-likeness (QED) is 0.792. The van der Waals surface area contributed by atoms with E-state index >= 15 is 0 Å². The number of likely N-dealkylation sites (N-methyl/N-ethyl adjacent to an activating group) is 1. The molecule has 0 aliphatic heterocycles. The Bertz CT molecular complexity index is 835. The van der Waals surface area contributed by atoms with E-state index in [9.17, 15) is 14.4 Å². The average Bonchev–Trinajstić information content (AvgIpc) is 2.64. The van der Waals surface area contributed by atoms with E-state index < -0.39 is 12.0 Å². The molecule has 2 rings (SSSR count). The molecule has 0 saturated carbocycles. The molecule has 1 aromatic heterocycles. The average molecular weight is 356 g/mol. The molecule has 26 heavy (non-hydrogen) atoms. The van der Waals surface area contributed by atoms with Gasteiger partial charge >= 0.3 is 6.09 Å². The SMILES string of the molecule is CCOC(=O)NC(=O)CN(CC)C(=O)C=Cc1cnc2ccccc2n1. The van der Waals surface area contributed by atoms with Crippen molar-refractivity contribution in [3.05, 3.63) is 42.2 Å². The van der Waals surface area contributed by atoms with Crippen molar-refractivity contribution >= 4 is 35.0 Å². The van der Waals surface area contributed by atoms with Crippen LogP contribution in [0.1, 0.15) is 19.5 Å². The number of nitrogens with zero attached hydrogens (tertiary/aromatic N) is 3. The summed E-state index contributed by atoms with van der Waals surface area (Å²) >= 11 is 0. The molecule has 2 aromatic rings. The number of carbonyl (C=O) groups excluding carboxylic acids is 3. The first-order chi connectivity index (χ1) is 12.5. The van der Waals surface area contributed by atoms with Crippen LogP contribution in [0.5, 0.6) is 0 Å². The number of benzene rings is 1. The summed E-state index contributed by atoms with van der Waals surface area (Å²) in [6.45, 7) is 3.58. The third-order valence-electron chi connectivity index (χ3n) is 3.41. The maximum atomic E-state index is 12.3. The highest BCUT2D eigenvalue weighted by molar-refractivity contribution is 5.97. The summed E-state index contributed by atoms with van der Waals surface area (Å²) in [4.78, 5) is 45.2. The molecule has 8 heteroatoms. The smallest absolute Gasteiger partial charge is 0.413 e. The molecule has 0 unspecified atom stereocenters. The van der Waals surface area contributed by atoms with Gasteiger partial charge in [-0.2, -0.15) is 0 Å². The lowest BCUT2D eigenvalue weighted by molar-refractivity contribution is -0.131. The number of amides is 3. The standard InChI is InChI=1S/C18H20N4O4/c1-3-22(12-16(23)21-18(25)26-4-2)17(24)10-9-13-11-19-14-7-5-6-8-15(14)20-13/h5-11H,3-4,12H2,1-2H3,(H,21,23,25). The maximum absolute atomic E-state index is 12.3. The van der Waals surface area contributed by atoms with Gasteiger partial charge in [-0.25, -0.2) is 9.78 Å². The zero-order valence-electron chi connectivity index (χ0n) is 14.6. The Morgan fingerprint density at radius 2 is 1.92 bits per heavy atom. The molecule has 0 radical (unpaired) electrons. The molecule has 0 atom stereocenters. The number of hydrogen-bond acceptors (Lipinski definition) is 6. The van der Waals surface area contributed by atoms with Crippen LogP contribution in [-0.2, 0) is 14.3 Å². The number of rotatable bonds is 6. The molecule has 0 spiro atoms. The van der Waals surface area contributed by atoms with Gasteiger partial charge in [0.05, 0.1) is 29.5 Å². The van der Waals surface area contributed by atoms with Gasteiger partial charge in [-0.05, 0) is 32.1 Å². The van der Waals surface area contributed by atoms with Crippen molar-refractivity contribution < 1.29 is 19.1 Å². The predicted octanol–water partition coefficient (Wildman–Crippen LogP) is 1.76. The number of para-hydroxylation sites is 2. The van der Waals surface area contributed by atoms with E-state index in [2.05, 4.69) is 20.0 Å². The van der Waals surface area contributed by atoms with E-state index in [-0.39, 0.29) is 19.1 Å². The van der Waals surface area contributed by atoms with Crippen molar-refractivity contribution in [1.82, 2.24) is 20.2 Å². The molecule has 136 valence electrons. The number of alkyl carbamates (subject to hydrolysis) is 1. The molecule has 1 N–H and O–H groups in total. The third kappa shape index (κ3) is 5.37. The Kier molecular flexibility index (Phi) is 6.78. The van der Waals surface area contributed by atoms with Crippen LogP contribution in [-0.4, -0.2) is 52.5 Å². The molecule has 3 amide bonds. The number of carbonyl (C=O) groups is 3. The lowest BCUT2D eigenvalue weighted by Gasteiger charge is -2.18. The van der Waals surface area contributed by atoms with Gasteiger partial charge in [0.1, 0.15) is 6.54 Å². The van der Waals surface area contributed by atoms with Gasteiger partial charge in [-0.1, -0.05) is 12.1 Å². The van der Waals surface area contributed by atoms with Gasteiger partial charge in [-0.3, -0.25) is 19.9 Å². The first kappa shape index (κ1) is 19.0. The van der Waals surface area contributed by atoms with Gasteiger partial charge < -0.3 is 9.64 Å². The number of imide groups is 1. The highest BCUT2D eigenvalue weighted by Crippen LogP contribution is 2.09. The molecular formula is C18H20N4O4. The highest BCUT2D eigenvalue weighted by Gasteiger charge is 2.15. The molecule has 1 heterocycles.